The highest BCUT2D eigenvalue weighted by atomic mass is 32.2. The average Bonchev–Trinajstić information content (AvgIpc) is 3.16. The fourth-order valence-corrected chi connectivity index (χ4v) is 8.66. The lowest BCUT2D eigenvalue weighted by Crippen LogP contribution is -1.94. The van der Waals surface area contributed by atoms with Crippen molar-refractivity contribution in [3.63, 3.8) is 0 Å². The Morgan fingerprint density at radius 1 is 0.271 bits per heavy atom. The quantitative estimate of drug-likeness (QED) is 0.115. The average molecular weight is 691 g/mol. The largest absolute Gasteiger partial charge is 0.130 e. The van der Waals surface area contributed by atoms with E-state index in [4.69, 9.17) is 0 Å². The van der Waals surface area contributed by atoms with Crippen molar-refractivity contribution in [2.24, 2.45) is 0 Å². The number of rotatable bonds is 8. The lowest BCUT2D eigenvalue weighted by atomic mass is 9.82. The number of thioether (sulfide) groups is 4. The van der Waals surface area contributed by atoms with Gasteiger partial charge in [-0.05, 0) is 163 Å². The fraction of sp³-hybridized carbons (Fsp3) is 0.0909. The van der Waals surface area contributed by atoms with Crippen LogP contribution in [0.15, 0.2) is 153 Å². The topological polar surface area (TPSA) is 0 Å². The molecule has 0 aliphatic rings. The van der Waals surface area contributed by atoms with E-state index < -0.39 is 0 Å². The van der Waals surface area contributed by atoms with E-state index in [9.17, 15) is 0 Å². The molecule has 4 heteroatoms. The van der Waals surface area contributed by atoms with Crippen LogP contribution in [-0.4, -0.2) is 25.0 Å². The highest BCUT2D eigenvalue weighted by Gasteiger charge is 2.21. The lowest BCUT2D eigenvalue weighted by molar-refractivity contribution is 1.46. The maximum Gasteiger partial charge on any atom is 0.00695 e. The van der Waals surface area contributed by atoms with Gasteiger partial charge >= 0.3 is 0 Å². The van der Waals surface area contributed by atoms with Crippen LogP contribution in [0.25, 0.3) is 76.8 Å². The molecule has 0 unspecified atom stereocenters. The van der Waals surface area contributed by atoms with Gasteiger partial charge in [0, 0.05) is 19.6 Å². The van der Waals surface area contributed by atoms with Crippen molar-refractivity contribution >= 4 is 79.4 Å². The van der Waals surface area contributed by atoms with E-state index in [1.54, 1.807) is 47.0 Å². The van der Waals surface area contributed by atoms with E-state index in [-0.39, 0.29) is 0 Å². The maximum atomic E-state index is 2.42. The zero-order chi connectivity index (χ0) is 32.8. The minimum Gasteiger partial charge on any atom is -0.130 e. The first-order valence-corrected chi connectivity index (χ1v) is 20.9. The predicted molar refractivity (Wildman–Crippen MR) is 219 cm³/mol. The van der Waals surface area contributed by atoms with Crippen LogP contribution in [0.5, 0.6) is 0 Å². The van der Waals surface area contributed by atoms with Crippen LogP contribution in [0.1, 0.15) is 0 Å². The monoisotopic (exact) mass is 690 g/mol. The molecule has 8 rings (SSSR count). The minimum atomic E-state index is 1.24. The first kappa shape index (κ1) is 31.5. The molecule has 0 amide bonds. The SMILES string of the molecule is CSc1ccc(-c2cc(-c3ccc(SC)cc3)c3ccc4c(-c5ccc(SC)cc5)cc(-c5ccc(SC)cc5)c5ccc2c3c54)cc1. The maximum absolute atomic E-state index is 2.42. The van der Waals surface area contributed by atoms with Gasteiger partial charge in [-0.3, -0.25) is 0 Å². The number of benzene rings is 8. The molecule has 0 bridgehead atoms. The van der Waals surface area contributed by atoms with Gasteiger partial charge in [0.25, 0.3) is 0 Å². The summed E-state index contributed by atoms with van der Waals surface area (Å²) in [7, 11) is 0. The standard InChI is InChI=1S/C44H34S4/c1-45-31-13-5-27(6-14-31)39-25-40(28-7-15-32(46-2)16-8-28)36-23-24-38-42(30-11-19-34(48-4)20-12-30)26-41(29-9-17-33(47-3)18-10-29)37-22-21-35(39)43(36)44(37)38/h5-26H,1-4H3. The molecular formula is C44H34S4. The molecular weight excluding hydrogens is 657 g/mol. The van der Waals surface area contributed by atoms with Gasteiger partial charge in [-0.2, -0.15) is 0 Å². The number of hydrogen-bond donors (Lipinski definition) is 0. The lowest BCUT2D eigenvalue weighted by Gasteiger charge is -2.22. The number of hydrogen-bond acceptors (Lipinski definition) is 4. The van der Waals surface area contributed by atoms with Gasteiger partial charge in [0.1, 0.15) is 0 Å². The summed E-state index contributed by atoms with van der Waals surface area (Å²) in [5.41, 5.74) is 10.1. The summed E-state index contributed by atoms with van der Waals surface area (Å²) < 4.78 is 0. The van der Waals surface area contributed by atoms with Gasteiger partial charge in [0.2, 0.25) is 0 Å². The fourth-order valence-electron chi connectivity index (χ4n) is 7.03. The second-order valence-corrected chi connectivity index (χ2v) is 15.4. The zero-order valence-corrected chi connectivity index (χ0v) is 30.6. The van der Waals surface area contributed by atoms with Crippen LogP contribution in [0.2, 0.25) is 0 Å². The molecule has 0 saturated heterocycles. The van der Waals surface area contributed by atoms with E-state index >= 15 is 0 Å². The van der Waals surface area contributed by atoms with Gasteiger partial charge in [0.15, 0.2) is 0 Å². The third-order valence-corrected chi connectivity index (χ3v) is 12.5. The smallest absolute Gasteiger partial charge is 0.00695 e. The molecule has 48 heavy (non-hydrogen) atoms. The Balaban J connectivity index is 1.51. The van der Waals surface area contributed by atoms with Gasteiger partial charge < -0.3 is 0 Å². The Hall–Kier alpha value is -3.80. The van der Waals surface area contributed by atoms with Crippen molar-refractivity contribution in [2.45, 2.75) is 19.6 Å². The molecule has 0 N–H and O–H groups in total. The van der Waals surface area contributed by atoms with Crippen molar-refractivity contribution in [3.05, 3.63) is 133 Å². The summed E-state index contributed by atoms with van der Waals surface area (Å²) in [4.78, 5) is 5.11. The molecule has 8 aromatic carbocycles. The van der Waals surface area contributed by atoms with Crippen LogP contribution in [-0.2, 0) is 0 Å². The molecule has 0 nitrogen and oxygen atoms in total. The summed E-state index contributed by atoms with van der Waals surface area (Å²) in [5, 5.41) is 7.85. The van der Waals surface area contributed by atoms with E-state index in [1.165, 1.54) is 96.4 Å². The van der Waals surface area contributed by atoms with Crippen molar-refractivity contribution in [1.29, 1.82) is 0 Å². The summed E-state index contributed by atoms with van der Waals surface area (Å²) in [6.07, 6.45) is 8.56. The first-order chi connectivity index (χ1) is 23.6. The van der Waals surface area contributed by atoms with E-state index in [0.717, 1.165) is 0 Å². The van der Waals surface area contributed by atoms with E-state index in [1.807, 2.05) is 0 Å². The molecule has 0 atom stereocenters. The van der Waals surface area contributed by atoms with Crippen LogP contribution in [0.4, 0.5) is 0 Å². The van der Waals surface area contributed by atoms with Gasteiger partial charge in [0.05, 0.1) is 0 Å². The van der Waals surface area contributed by atoms with Crippen LogP contribution < -0.4 is 0 Å². The Bertz CT molecular complexity index is 2050. The summed E-state index contributed by atoms with van der Waals surface area (Å²) in [6.45, 7) is 0. The second kappa shape index (κ2) is 13.2. The van der Waals surface area contributed by atoms with Crippen LogP contribution in [0.3, 0.4) is 0 Å². The second-order valence-electron chi connectivity index (χ2n) is 11.9. The summed E-state index contributed by atoms with van der Waals surface area (Å²) >= 11 is 7.14. The normalized spacial score (nSPS) is 11.7. The molecule has 234 valence electrons. The van der Waals surface area contributed by atoms with Crippen molar-refractivity contribution < 1.29 is 0 Å². The zero-order valence-electron chi connectivity index (χ0n) is 27.3. The van der Waals surface area contributed by atoms with Crippen molar-refractivity contribution in [3.8, 4) is 44.5 Å². The predicted octanol–water partition coefficient (Wildman–Crippen LogP) is 14.1. The molecule has 0 fully saturated rings. The molecule has 0 aliphatic heterocycles. The van der Waals surface area contributed by atoms with Crippen molar-refractivity contribution in [1.82, 2.24) is 0 Å². The molecule has 0 saturated carbocycles. The third-order valence-electron chi connectivity index (χ3n) is 9.50. The summed E-state index contributed by atoms with van der Waals surface area (Å²) in [6, 6.07) is 50.6. The molecule has 0 spiro atoms. The van der Waals surface area contributed by atoms with Gasteiger partial charge in [-0.15, -0.1) is 47.0 Å². The van der Waals surface area contributed by atoms with Crippen molar-refractivity contribution in [2.75, 3.05) is 25.0 Å². The van der Waals surface area contributed by atoms with E-state index in [0.29, 0.717) is 0 Å². The molecule has 0 aliphatic carbocycles. The highest BCUT2D eigenvalue weighted by molar-refractivity contribution is 7.99. The Morgan fingerprint density at radius 2 is 0.479 bits per heavy atom. The molecule has 0 aromatic heterocycles. The van der Waals surface area contributed by atoms with Crippen LogP contribution >= 0.6 is 47.0 Å². The Kier molecular flexibility index (Phi) is 8.69. The van der Waals surface area contributed by atoms with Crippen LogP contribution in [0, 0.1) is 0 Å². The highest BCUT2D eigenvalue weighted by Crippen LogP contribution is 2.48. The molecule has 0 radical (unpaired) electrons. The third kappa shape index (κ3) is 5.49. The first-order valence-electron chi connectivity index (χ1n) is 16.0. The summed E-state index contributed by atoms with van der Waals surface area (Å²) in [5.74, 6) is 0. The van der Waals surface area contributed by atoms with Gasteiger partial charge in [-0.1, -0.05) is 72.8 Å². The van der Waals surface area contributed by atoms with E-state index in [2.05, 4.69) is 158 Å². The molecule has 8 aromatic rings. The minimum absolute atomic E-state index is 1.24. The Labute approximate surface area is 300 Å². The molecule has 0 heterocycles. The Morgan fingerprint density at radius 3 is 0.667 bits per heavy atom. The van der Waals surface area contributed by atoms with Gasteiger partial charge in [-0.25, -0.2) is 0 Å².